The fourth-order valence-corrected chi connectivity index (χ4v) is 3.57. The fourth-order valence-electron chi connectivity index (χ4n) is 3.57. The number of aliphatic hydroxyl groups is 1. The van der Waals surface area contributed by atoms with Crippen molar-refractivity contribution in [1.29, 1.82) is 0 Å². The van der Waals surface area contributed by atoms with E-state index in [-0.39, 0.29) is 6.61 Å². The van der Waals surface area contributed by atoms with E-state index in [1.54, 1.807) is 7.11 Å². The summed E-state index contributed by atoms with van der Waals surface area (Å²) in [4.78, 5) is 0. The highest BCUT2D eigenvalue weighted by Gasteiger charge is 2.14. The van der Waals surface area contributed by atoms with Gasteiger partial charge in [-0.05, 0) is 35.9 Å². The summed E-state index contributed by atoms with van der Waals surface area (Å²) in [5, 5.41) is 11.3. The topological polar surface area (TPSA) is 42.6 Å². The predicted octanol–water partition coefficient (Wildman–Crippen LogP) is 4.61. The minimum Gasteiger partial charge on any atom is -0.497 e. The third kappa shape index (κ3) is 4.61. The molecule has 0 aliphatic carbocycles. The molecule has 0 amide bonds. The van der Waals surface area contributed by atoms with Gasteiger partial charge in [0.25, 0.3) is 0 Å². The summed E-state index contributed by atoms with van der Waals surface area (Å²) in [6.45, 7) is 1.42. The Hall–Kier alpha value is -3.37. The molecular formula is C26H26NO3+. The van der Waals surface area contributed by atoms with Crippen molar-refractivity contribution in [3.8, 4) is 22.6 Å². The molecule has 152 valence electrons. The maximum absolute atomic E-state index is 9.00. The minimum atomic E-state index is 0.131. The molecule has 0 saturated heterocycles. The first kappa shape index (κ1) is 19.9. The average Bonchev–Trinajstić information content (AvgIpc) is 2.79. The maximum Gasteiger partial charge on any atom is 0.177 e. The van der Waals surface area contributed by atoms with Crippen molar-refractivity contribution in [1.82, 2.24) is 0 Å². The van der Waals surface area contributed by atoms with E-state index in [1.165, 1.54) is 10.9 Å². The van der Waals surface area contributed by atoms with Crippen LogP contribution < -0.4 is 14.0 Å². The summed E-state index contributed by atoms with van der Waals surface area (Å²) in [7, 11) is 1.68. The van der Waals surface area contributed by atoms with Crippen molar-refractivity contribution in [2.75, 3.05) is 20.3 Å². The number of rotatable bonds is 8. The molecule has 0 saturated carbocycles. The molecule has 1 aromatic heterocycles. The number of hydrogen-bond donors (Lipinski definition) is 1. The van der Waals surface area contributed by atoms with Gasteiger partial charge in [-0.2, -0.15) is 4.57 Å². The van der Waals surface area contributed by atoms with Gasteiger partial charge in [0.05, 0.1) is 24.7 Å². The van der Waals surface area contributed by atoms with Crippen molar-refractivity contribution in [2.45, 2.75) is 13.0 Å². The number of pyridine rings is 1. The first-order valence-electron chi connectivity index (χ1n) is 10.2. The molecule has 0 bridgehead atoms. The smallest absolute Gasteiger partial charge is 0.177 e. The quantitative estimate of drug-likeness (QED) is 0.347. The highest BCUT2D eigenvalue weighted by Crippen LogP contribution is 2.30. The molecule has 1 N–H and O–H groups in total. The highest BCUT2D eigenvalue weighted by molar-refractivity contribution is 5.95. The number of benzene rings is 3. The third-order valence-electron chi connectivity index (χ3n) is 5.09. The highest BCUT2D eigenvalue weighted by atomic mass is 16.5. The van der Waals surface area contributed by atoms with Gasteiger partial charge in [-0.1, -0.05) is 42.5 Å². The van der Waals surface area contributed by atoms with E-state index in [0.29, 0.717) is 13.0 Å². The van der Waals surface area contributed by atoms with Crippen LogP contribution in [0.3, 0.4) is 0 Å². The summed E-state index contributed by atoms with van der Waals surface area (Å²) in [5.74, 6) is 1.66. The third-order valence-corrected chi connectivity index (χ3v) is 5.09. The van der Waals surface area contributed by atoms with Crippen LogP contribution in [0.5, 0.6) is 11.5 Å². The largest absolute Gasteiger partial charge is 0.497 e. The molecule has 0 aliphatic rings. The number of fused-ring (bicyclic) bond motifs is 1. The second-order valence-electron chi connectivity index (χ2n) is 7.23. The van der Waals surface area contributed by atoms with Crippen LogP contribution >= 0.6 is 0 Å². The van der Waals surface area contributed by atoms with Gasteiger partial charge in [0, 0.05) is 24.0 Å². The van der Waals surface area contributed by atoms with E-state index in [9.17, 15) is 0 Å². The average molecular weight is 400 g/mol. The second-order valence-corrected chi connectivity index (χ2v) is 7.23. The SMILES string of the molecule is COc1ccc(-c2c[n+](Cc3ccccc3)cc3cc(OCCCO)ccc23)cc1. The molecule has 0 unspecified atom stereocenters. The van der Waals surface area contributed by atoms with Crippen LogP contribution in [0.1, 0.15) is 12.0 Å². The number of nitrogens with zero attached hydrogens (tertiary/aromatic N) is 1. The number of methoxy groups -OCH3 is 1. The van der Waals surface area contributed by atoms with Crippen molar-refractivity contribution >= 4 is 10.8 Å². The number of aromatic nitrogens is 1. The molecule has 0 spiro atoms. The molecule has 0 radical (unpaired) electrons. The van der Waals surface area contributed by atoms with Gasteiger partial charge in [0.1, 0.15) is 11.5 Å². The lowest BCUT2D eigenvalue weighted by atomic mass is 10.0. The van der Waals surface area contributed by atoms with E-state index in [0.717, 1.165) is 34.6 Å². The van der Waals surface area contributed by atoms with Gasteiger partial charge in [0.15, 0.2) is 18.9 Å². The lowest BCUT2D eigenvalue weighted by molar-refractivity contribution is -0.686. The molecule has 0 atom stereocenters. The molecule has 4 heteroatoms. The molecule has 30 heavy (non-hydrogen) atoms. The minimum absolute atomic E-state index is 0.131. The molecule has 4 nitrogen and oxygen atoms in total. The first-order valence-corrected chi connectivity index (χ1v) is 10.2. The zero-order chi connectivity index (χ0) is 20.8. The van der Waals surface area contributed by atoms with Gasteiger partial charge < -0.3 is 14.6 Å². The predicted molar refractivity (Wildman–Crippen MR) is 119 cm³/mol. The summed E-state index contributed by atoms with van der Waals surface area (Å²) in [6, 6.07) is 24.8. The standard InChI is InChI=1S/C26H26NO3/c1-29-23-10-8-21(9-11-23)26-19-27(17-20-6-3-2-4-7-20)18-22-16-24(12-13-25(22)26)30-15-5-14-28/h2-4,6-13,16,18-19,28H,5,14-15,17H2,1H3/q+1. The Bertz CT molecular complexity index is 1110. The Labute approximate surface area is 177 Å². The van der Waals surface area contributed by atoms with E-state index < -0.39 is 0 Å². The van der Waals surface area contributed by atoms with Crippen molar-refractivity contribution in [3.05, 3.63) is 90.8 Å². The van der Waals surface area contributed by atoms with Gasteiger partial charge in [-0.25, -0.2) is 0 Å². The van der Waals surface area contributed by atoms with E-state index in [2.05, 4.69) is 65.5 Å². The Balaban J connectivity index is 1.77. The summed E-state index contributed by atoms with van der Waals surface area (Å²) in [6.07, 6.45) is 4.98. The Morgan fingerprint density at radius 1 is 0.867 bits per heavy atom. The van der Waals surface area contributed by atoms with E-state index in [1.807, 2.05) is 24.3 Å². The molecule has 3 aromatic carbocycles. The van der Waals surface area contributed by atoms with Crippen molar-refractivity contribution in [2.24, 2.45) is 0 Å². The summed E-state index contributed by atoms with van der Waals surface area (Å²) in [5.41, 5.74) is 3.54. The van der Waals surface area contributed by atoms with E-state index >= 15 is 0 Å². The lowest BCUT2D eigenvalue weighted by Crippen LogP contribution is -2.33. The molecule has 0 fully saturated rings. The number of hydrogen-bond acceptors (Lipinski definition) is 3. The second kappa shape index (κ2) is 9.42. The van der Waals surface area contributed by atoms with Gasteiger partial charge in [-0.15, -0.1) is 0 Å². The maximum atomic E-state index is 9.00. The van der Waals surface area contributed by atoms with E-state index in [4.69, 9.17) is 14.6 Å². The van der Waals surface area contributed by atoms with Gasteiger partial charge >= 0.3 is 0 Å². The van der Waals surface area contributed by atoms with Crippen LogP contribution in [0.4, 0.5) is 0 Å². The van der Waals surface area contributed by atoms with Gasteiger partial charge in [0.2, 0.25) is 0 Å². The van der Waals surface area contributed by atoms with Gasteiger partial charge in [-0.3, -0.25) is 0 Å². The molecule has 0 aliphatic heterocycles. The Kier molecular flexibility index (Phi) is 6.26. The van der Waals surface area contributed by atoms with Crippen LogP contribution in [0.2, 0.25) is 0 Å². The number of ether oxygens (including phenoxy) is 2. The summed E-state index contributed by atoms with van der Waals surface area (Å²) < 4.78 is 13.3. The van der Waals surface area contributed by atoms with Crippen LogP contribution in [-0.2, 0) is 6.54 Å². The molecule has 4 aromatic rings. The van der Waals surface area contributed by atoms with Crippen molar-refractivity contribution < 1.29 is 19.1 Å². The van der Waals surface area contributed by atoms with Crippen LogP contribution in [-0.4, -0.2) is 25.4 Å². The lowest BCUT2D eigenvalue weighted by Gasteiger charge is -2.10. The van der Waals surface area contributed by atoms with Crippen molar-refractivity contribution in [3.63, 3.8) is 0 Å². The normalized spacial score (nSPS) is 10.9. The van der Waals surface area contributed by atoms with Crippen LogP contribution in [0, 0.1) is 0 Å². The monoisotopic (exact) mass is 400 g/mol. The Morgan fingerprint density at radius 3 is 2.37 bits per heavy atom. The first-order chi connectivity index (χ1) is 14.8. The zero-order valence-electron chi connectivity index (χ0n) is 17.1. The molecule has 4 rings (SSSR count). The zero-order valence-corrected chi connectivity index (χ0v) is 17.1. The fraction of sp³-hybridized carbons (Fsp3) is 0.192. The molecule has 1 heterocycles. The van der Waals surface area contributed by atoms with Crippen LogP contribution in [0.15, 0.2) is 85.2 Å². The van der Waals surface area contributed by atoms with Crippen LogP contribution in [0.25, 0.3) is 21.9 Å². The Morgan fingerprint density at radius 2 is 1.63 bits per heavy atom. The number of aliphatic hydroxyl groups excluding tert-OH is 1. The summed E-state index contributed by atoms with van der Waals surface area (Å²) >= 11 is 0. The molecular weight excluding hydrogens is 374 g/mol.